The highest BCUT2D eigenvalue weighted by Crippen LogP contribution is 2.18. The second-order valence-electron chi connectivity index (χ2n) is 5.68. The van der Waals surface area contributed by atoms with Crippen LogP contribution < -0.4 is 10.6 Å². The predicted molar refractivity (Wildman–Crippen MR) is 97.3 cm³/mol. The van der Waals surface area contributed by atoms with E-state index in [1.165, 1.54) is 12.1 Å². The van der Waals surface area contributed by atoms with Crippen LogP contribution in [0.2, 0.25) is 0 Å². The lowest BCUT2D eigenvalue weighted by Crippen LogP contribution is -2.12. The van der Waals surface area contributed by atoms with Crippen LogP contribution in [0, 0.1) is 13.8 Å². The summed E-state index contributed by atoms with van der Waals surface area (Å²) in [6.45, 7) is 3.81. The first-order chi connectivity index (χ1) is 12.0. The van der Waals surface area contributed by atoms with Gasteiger partial charge in [0.15, 0.2) is 0 Å². The molecule has 0 bridgehead atoms. The molecule has 0 aliphatic heterocycles. The van der Waals surface area contributed by atoms with E-state index in [-0.39, 0.29) is 11.7 Å². The van der Waals surface area contributed by atoms with Crippen LogP contribution in [-0.4, -0.2) is 21.0 Å². The van der Waals surface area contributed by atoms with Gasteiger partial charge in [-0.3, -0.25) is 4.79 Å². The van der Waals surface area contributed by atoms with Gasteiger partial charge in [-0.2, -0.15) is 0 Å². The van der Waals surface area contributed by atoms with Gasteiger partial charge in [0.2, 0.25) is 5.95 Å². The number of amides is 1. The van der Waals surface area contributed by atoms with Gasteiger partial charge < -0.3 is 15.7 Å². The molecule has 3 N–H and O–H groups in total. The zero-order valence-corrected chi connectivity index (χ0v) is 13.9. The highest BCUT2D eigenvalue weighted by Gasteiger charge is 2.08. The number of aryl methyl sites for hydroxylation is 2. The lowest BCUT2D eigenvalue weighted by molar-refractivity contribution is 0.102. The van der Waals surface area contributed by atoms with E-state index in [2.05, 4.69) is 20.6 Å². The maximum absolute atomic E-state index is 12.4. The van der Waals surface area contributed by atoms with Crippen LogP contribution in [0.15, 0.2) is 54.6 Å². The fourth-order valence-corrected chi connectivity index (χ4v) is 2.40. The molecule has 25 heavy (non-hydrogen) atoms. The van der Waals surface area contributed by atoms with Crippen LogP contribution in [0.5, 0.6) is 5.75 Å². The standard InChI is InChI=1S/C19H18N4O2/c1-12-10-13(2)21-19(20-12)23-16-5-3-4-14(11-16)18(25)22-15-6-8-17(24)9-7-15/h3-11,24H,1-2H3,(H,22,25)(H,20,21,23). The number of phenols is 1. The molecule has 0 saturated heterocycles. The molecule has 3 aromatic rings. The smallest absolute Gasteiger partial charge is 0.255 e. The number of carbonyl (C=O) groups excluding carboxylic acids is 1. The van der Waals surface area contributed by atoms with Crippen LogP contribution in [0.4, 0.5) is 17.3 Å². The first-order valence-electron chi connectivity index (χ1n) is 7.79. The number of aromatic nitrogens is 2. The third-order valence-electron chi connectivity index (χ3n) is 3.49. The molecular formula is C19H18N4O2. The van der Waals surface area contributed by atoms with Gasteiger partial charge in [0, 0.05) is 28.3 Å². The van der Waals surface area contributed by atoms with Crippen molar-refractivity contribution in [2.24, 2.45) is 0 Å². The van der Waals surface area contributed by atoms with Crippen molar-refractivity contribution in [1.82, 2.24) is 9.97 Å². The summed E-state index contributed by atoms with van der Waals surface area (Å²) in [7, 11) is 0. The Balaban J connectivity index is 1.76. The maximum Gasteiger partial charge on any atom is 0.255 e. The Hall–Kier alpha value is -3.41. The van der Waals surface area contributed by atoms with Crippen molar-refractivity contribution in [3.05, 3.63) is 71.5 Å². The first kappa shape index (κ1) is 16.4. The third kappa shape index (κ3) is 4.32. The minimum atomic E-state index is -0.240. The van der Waals surface area contributed by atoms with Gasteiger partial charge in [-0.1, -0.05) is 6.07 Å². The molecule has 0 aliphatic carbocycles. The molecule has 2 aromatic carbocycles. The second kappa shape index (κ2) is 7.00. The molecule has 0 unspecified atom stereocenters. The number of rotatable bonds is 4. The van der Waals surface area contributed by atoms with Crippen molar-refractivity contribution in [3.8, 4) is 5.75 Å². The van der Waals surface area contributed by atoms with Crippen molar-refractivity contribution < 1.29 is 9.90 Å². The Bertz CT molecular complexity index is 887. The number of nitrogens with zero attached hydrogens (tertiary/aromatic N) is 2. The Morgan fingerprint density at radius 1 is 0.920 bits per heavy atom. The fourth-order valence-electron chi connectivity index (χ4n) is 2.40. The van der Waals surface area contributed by atoms with Gasteiger partial charge in [0.1, 0.15) is 5.75 Å². The summed E-state index contributed by atoms with van der Waals surface area (Å²) in [6.07, 6.45) is 0. The quantitative estimate of drug-likeness (QED) is 0.632. The highest BCUT2D eigenvalue weighted by molar-refractivity contribution is 6.04. The molecule has 0 spiro atoms. The SMILES string of the molecule is Cc1cc(C)nc(Nc2cccc(C(=O)Nc3ccc(O)cc3)c2)n1. The molecule has 0 fully saturated rings. The molecule has 3 rings (SSSR count). The van der Waals surface area contributed by atoms with Crippen LogP contribution in [-0.2, 0) is 0 Å². The molecule has 0 aliphatic rings. The second-order valence-corrected chi connectivity index (χ2v) is 5.68. The fraction of sp³-hybridized carbons (Fsp3) is 0.105. The van der Waals surface area contributed by atoms with Crippen molar-refractivity contribution in [3.63, 3.8) is 0 Å². The van der Waals surface area contributed by atoms with E-state index in [4.69, 9.17) is 0 Å². The number of benzene rings is 2. The number of aromatic hydroxyl groups is 1. The summed E-state index contributed by atoms with van der Waals surface area (Å²) in [4.78, 5) is 21.0. The Labute approximate surface area is 145 Å². The van der Waals surface area contributed by atoms with Gasteiger partial charge in [-0.25, -0.2) is 9.97 Å². The zero-order chi connectivity index (χ0) is 17.8. The maximum atomic E-state index is 12.4. The summed E-state index contributed by atoms with van der Waals surface area (Å²) in [5.74, 6) is 0.405. The molecule has 6 nitrogen and oxygen atoms in total. The Morgan fingerprint density at radius 2 is 1.60 bits per heavy atom. The number of hydrogen-bond donors (Lipinski definition) is 3. The Morgan fingerprint density at radius 3 is 2.28 bits per heavy atom. The Kier molecular flexibility index (Phi) is 4.61. The average molecular weight is 334 g/mol. The van der Waals surface area contributed by atoms with E-state index < -0.39 is 0 Å². The molecule has 1 heterocycles. The molecule has 1 aromatic heterocycles. The number of anilines is 3. The first-order valence-corrected chi connectivity index (χ1v) is 7.79. The van der Waals surface area contributed by atoms with E-state index in [9.17, 15) is 9.90 Å². The van der Waals surface area contributed by atoms with E-state index in [0.29, 0.717) is 17.2 Å². The summed E-state index contributed by atoms with van der Waals surface area (Å²) in [5.41, 5.74) is 3.58. The number of hydrogen-bond acceptors (Lipinski definition) is 5. The van der Waals surface area contributed by atoms with Crippen molar-refractivity contribution >= 4 is 23.2 Å². The van der Waals surface area contributed by atoms with Crippen LogP contribution in [0.1, 0.15) is 21.7 Å². The number of phenolic OH excluding ortho intramolecular Hbond substituents is 1. The van der Waals surface area contributed by atoms with Crippen LogP contribution >= 0.6 is 0 Å². The molecule has 1 amide bonds. The minimum Gasteiger partial charge on any atom is -0.508 e. The highest BCUT2D eigenvalue weighted by atomic mass is 16.3. The normalized spacial score (nSPS) is 10.3. The molecule has 0 saturated carbocycles. The van der Waals surface area contributed by atoms with E-state index >= 15 is 0 Å². The molecule has 0 atom stereocenters. The number of carbonyl (C=O) groups is 1. The van der Waals surface area contributed by atoms with Gasteiger partial charge in [0.05, 0.1) is 0 Å². The lowest BCUT2D eigenvalue weighted by atomic mass is 10.2. The van der Waals surface area contributed by atoms with Gasteiger partial charge >= 0.3 is 0 Å². The van der Waals surface area contributed by atoms with Crippen LogP contribution in [0.25, 0.3) is 0 Å². The van der Waals surface area contributed by atoms with Gasteiger partial charge in [0.25, 0.3) is 5.91 Å². The topological polar surface area (TPSA) is 87.1 Å². The van der Waals surface area contributed by atoms with E-state index in [1.807, 2.05) is 26.0 Å². The zero-order valence-electron chi connectivity index (χ0n) is 13.9. The lowest BCUT2D eigenvalue weighted by Gasteiger charge is -2.09. The summed E-state index contributed by atoms with van der Waals surface area (Å²) in [5, 5.41) is 15.2. The van der Waals surface area contributed by atoms with E-state index in [1.54, 1.807) is 30.3 Å². The summed E-state index contributed by atoms with van der Waals surface area (Å²) < 4.78 is 0. The summed E-state index contributed by atoms with van der Waals surface area (Å²) >= 11 is 0. The largest absolute Gasteiger partial charge is 0.508 e. The minimum absolute atomic E-state index is 0.151. The monoisotopic (exact) mass is 334 g/mol. The molecule has 126 valence electrons. The summed E-state index contributed by atoms with van der Waals surface area (Å²) in [6, 6.07) is 15.3. The number of nitrogens with one attached hydrogen (secondary N) is 2. The third-order valence-corrected chi connectivity index (χ3v) is 3.49. The van der Waals surface area contributed by atoms with Gasteiger partial charge in [-0.15, -0.1) is 0 Å². The molecule has 0 radical (unpaired) electrons. The van der Waals surface area contributed by atoms with Crippen molar-refractivity contribution in [2.45, 2.75) is 13.8 Å². The predicted octanol–water partition coefficient (Wildman–Crippen LogP) is 3.79. The van der Waals surface area contributed by atoms with Crippen molar-refractivity contribution in [2.75, 3.05) is 10.6 Å². The van der Waals surface area contributed by atoms with Gasteiger partial charge in [-0.05, 0) is 62.4 Å². The molecule has 6 heteroatoms. The van der Waals surface area contributed by atoms with Crippen LogP contribution in [0.3, 0.4) is 0 Å². The van der Waals surface area contributed by atoms with Crippen molar-refractivity contribution in [1.29, 1.82) is 0 Å². The average Bonchev–Trinajstić information content (AvgIpc) is 2.56. The van der Waals surface area contributed by atoms with E-state index in [0.717, 1.165) is 17.1 Å². The molecular weight excluding hydrogens is 316 g/mol.